The van der Waals surface area contributed by atoms with Crippen molar-refractivity contribution in [2.45, 2.75) is 25.9 Å². The highest BCUT2D eigenvalue weighted by molar-refractivity contribution is 5.42. The van der Waals surface area contributed by atoms with Crippen LogP contribution in [0.3, 0.4) is 0 Å². The summed E-state index contributed by atoms with van der Waals surface area (Å²) in [6.45, 7) is 4.04. The molecule has 1 unspecified atom stereocenters. The van der Waals surface area contributed by atoms with Gasteiger partial charge in [0.15, 0.2) is 11.6 Å². The first-order valence-corrected chi connectivity index (χ1v) is 6.09. The standard InChI is InChI=1S/C13H19FN2O/c1-9(10-4-6-16-7-5-10)17-13-3-2-11(15)8-12(13)14/h2-3,8-10,16H,4-7,15H2,1H3. The van der Waals surface area contributed by atoms with Crippen LogP contribution >= 0.6 is 0 Å². The Morgan fingerprint density at radius 3 is 2.76 bits per heavy atom. The molecule has 0 spiro atoms. The van der Waals surface area contributed by atoms with Crippen molar-refractivity contribution in [3.8, 4) is 5.75 Å². The number of hydrogen-bond acceptors (Lipinski definition) is 3. The van der Waals surface area contributed by atoms with Gasteiger partial charge < -0.3 is 15.8 Å². The zero-order valence-corrected chi connectivity index (χ0v) is 10.1. The van der Waals surface area contributed by atoms with Crippen LogP contribution in [0.15, 0.2) is 18.2 Å². The zero-order valence-electron chi connectivity index (χ0n) is 10.1. The van der Waals surface area contributed by atoms with Gasteiger partial charge in [0.2, 0.25) is 0 Å². The second kappa shape index (κ2) is 5.36. The molecule has 0 amide bonds. The van der Waals surface area contributed by atoms with E-state index in [1.54, 1.807) is 12.1 Å². The molecule has 1 aromatic carbocycles. The summed E-state index contributed by atoms with van der Waals surface area (Å²) in [4.78, 5) is 0. The Labute approximate surface area is 101 Å². The van der Waals surface area contributed by atoms with Crippen LogP contribution in [0, 0.1) is 11.7 Å². The minimum Gasteiger partial charge on any atom is -0.487 e. The third-order valence-electron chi connectivity index (χ3n) is 3.32. The minimum atomic E-state index is -0.384. The highest BCUT2D eigenvalue weighted by Gasteiger charge is 2.22. The SMILES string of the molecule is CC(Oc1ccc(N)cc1F)C1CCNCC1. The number of nitrogens with two attached hydrogens (primary N) is 1. The van der Waals surface area contributed by atoms with Crippen molar-refractivity contribution < 1.29 is 9.13 Å². The van der Waals surface area contributed by atoms with E-state index in [-0.39, 0.29) is 11.9 Å². The zero-order chi connectivity index (χ0) is 12.3. The van der Waals surface area contributed by atoms with Crippen molar-refractivity contribution in [1.29, 1.82) is 0 Å². The smallest absolute Gasteiger partial charge is 0.167 e. The van der Waals surface area contributed by atoms with E-state index in [0.29, 0.717) is 17.4 Å². The molecular weight excluding hydrogens is 219 g/mol. The van der Waals surface area contributed by atoms with Gasteiger partial charge in [-0.1, -0.05) is 0 Å². The Morgan fingerprint density at radius 1 is 1.41 bits per heavy atom. The second-order valence-corrected chi connectivity index (χ2v) is 4.60. The Hall–Kier alpha value is -1.29. The van der Waals surface area contributed by atoms with Gasteiger partial charge in [0.05, 0.1) is 6.10 Å². The molecule has 0 saturated carbocycles. The topological polar surface area (TPSA) is 47.3 Å². The van der Waals surface area contributed by atoms with Gasteiger partial charge >= 0.3 is 0 Å². The first-order valence-electron chi connectivity index (χ1n) is 6.09. The van der Waals surface area contributed by atoms with Gasteiger partial charge in [-0.2, -0.15) is 0 Å². The number of nitrogen functional groups attached to an aromatic ring is 1. The quantitative estimate of drug-likeness (QED) is 0.793. The van der Waals surface area contributed by atoms with Crippen LogP contribution < -0.4 is 15.8 Å². The van der Waals surface area contributed by atoms with E-state index >= 15 is 0 Å². The molecule has 1 saturated heterocycles. The van der Waals surface area contributed by atoms with Crippen LogP contribution in [-0.2, 0) is 0 Å². The molecule has 0 aliphatic carbocycles. The van der Waals surface area contributed by atoms with Crippen LogP contribution in [0.5, 0.6) is 5.75 Å². The van der Waals surface area contributed by atoms with E-state index < -0.39 is 0 Å². The lowest BCUT2D eigenvalue weighted by atomic mass is 9.93. The molecule has 0 aromatic heterocycles. The summed E-state index contributed by atoms with van der Waals surface area (Å²) in [7, 11) is 0. The lowest BCUT2D eigenvalue weighted by Gasteiger charge is -2.28. The highest BCUT2D eigenvalue weighted by atomic mass is 19.1. The Bertz CT molecular complexity index is 378. The minimum absolute atomic E-state index is 0.0372. The Kier molecular flexibility index (Phi) is 3.84. The van der Waals surface area contributed by atoms with Gasteiger partial charge in [0.1, 0.15) is 0 Å². The van der Waals surface area contributed by atoms with Gasteiger partial charge in [0, 0.05) is 11.8 Å². The van der Waals surface area contributed by atoms with Crippen LogP contribution in [0.1, 0.15) is 19.8 Å². The maximum Gasteiger partial charge on any atom is 0.167 e. The molecule has 94 valence electrons. The maximum absolute atomic E-state index is 13.6. The molecule has 1 atom stereocenters. The van der Waals surface area contributed by atoms with Crippen LogP contribution in [0.2, 0.25) is 0 Å². The lowest BCUT2D eigenvalue weighted by Crippen LogP contribution is -2.35. The van der Waals surface area contributed by atoms with Crippen LogP contribution in [-0.4, -0.2) is 19.2 Å². The van der Waals surface area contributed by atoms with E-state index in [4.69, 9.17) is 10.5 Å². The largest absolute Gasteiger partial charge is 0.487 e. The van der Waals surface area contributed by atoms with Crippen LogP contribution in [0.25, 0.3) is 0 Å². The first-order chi connectivity index (χ1) is 8.16. The molecule has 1 aromatic rings. The third-order valence-corrected chi connectivity index (χ3v) is 3.32. The lowest BCUT2D eigenvalue weighted by molar-refractivity contribution is 0.123. The molecule has 1 fully saturated rings. The van der Waals surface area contributed by atoms with Crippen molar-refractivity contribution in [3.63, 3.8) is 0 Å². The van der Waals surface area contributed by atoms with Crippen molar-refractivity contribution in [2.75, 3.05) is 18.8 Å². The average Bonchev–Trinajstić information content (AvgIpc) is 2.34. The summed E-state index contributed by atoms with van der Waals surface area (Å²) in [6.07, 6.45) is 2.20. The Balaban J connectivity index is 1.99. The van der Waals surface area contributed by atoms with E-state index in [2.05, 4.69) is 5.32 Å². The molecular formula is C13H19FN2O. The maximum atomic E-state index is 13.6. The molecule has 0 bridgehead atoms. The van der Waals surface area contributed by atoms with Crippen molar-refractivity contribution in [3.05, 3.63) is 24.0 Å². The number of ether oxygens (including phenoxy) is 1. The summed E-state index contributed by atoms with van der Waals surface area (Å²) in [5, 5.41) is 3.31. The third kappa shape index (κ3) is 3.09. The number of rotatable bonds is 3. The van der Waals surface area contributed by atoms with Gasteiger partial charge in [-0.3, -0.25) is 0 Å². The molecule has 1 aliphatic rings. The predicted molar refractivity (Wildman–Crippen MR) is 66.5 cm³/mol. The number of piperidine rings is 1. The number of anilines is 1. The molecule has 2 rings (SSSR count). The molecule has 1 heterocycles. The predicted octanol–water partition coefficient (Wildman–Crippen LogP) is 2.17. The summed E-state index contributed by atoms with van der Waals surface area (Å²) in [5.74, 6) is 0.407. The summed E-state index contributed by atoms with van der Waals surface area (Å²) in [6, 6.07) is 4.56. The summed E-state index contributed by atoms with van der Waals surface area (Å²) in [5.41, 5.74) is 5.92. The fourth-order valence-electron chi connectivity index (χ4n) is 2.22. The molecule has 17 heavy (non-hydrogen) atoms. The van der Waals surface area contributed by atoms with Crippen molar-refractivity contribution >= 4 is 5.69 Å². The monoisotopic (exact) mass is 238 g/mol. The molecule has 3 N–H and O–H groups in total. The summed E-state index contributed by atoms with van der Waals surface area (Å²) < 4.78 is 19.2. The van der Waals surface area contributed by atoms with Crippen molar-refractivity contribution in [1.82, 2.24) is 5.32 Å². The van der Waals surface area contributed by atoms with Gasteiger partial charge in [0.25, 0.3) is 0 Å². The number of nitrogens with one attached hydrogen (secondary N) is 1. The van der Waals surface area contributed by atoms with Gasteiger partial charge in [-0.25, -0.2) is 4.39 Å². The summed E-state index contributed by atoms with van der Waals surface area (Å²) >= 11 is 0. The van der Waals surface area contributed by atoms with Crippen molar-refractivity contribution in [2.24, 2.45) is 5.92 Å². The average molecular weight is 238 g/mol. The first kappa shape index (κ1) is 12.2. The number of hydrogen-bond donors (Lipinski definition) is 2. The van der Waals surface area contributed by atoms with E-state index in [9.17, 15) is 4.39 Å². The second-order valence-electron chi connectivity index (χ2n) is 4.60. The normalized spacial score (nSPS) is 18.9. The highest BCUT2D eigenvalue weighted by Crippen LogP contribution is 2.25. The van der Waals surface area contributed by atoms with Gasteiger partial charge in [-0.05, 0) is 50.9 Å². The molecule has 0 radical (unpaired) electrons. The Morgan fingerprint density at radius 2 is 2.12 bits per heavy atom. The van der Waals surface area contributed by atoms with E-state index in [1.165, 1.54) is 6.07 Å². The molecule has 3 nitrogen and oxygen atoms in total. The number of benzene rings is 1. The number of halogens is 1. The fraction of sp³-hybridized carbons (Fsp3) is 0.538. The van der Waals surface area contributed by atoms with Crippen LogP contribution in [0.4, 0.5) is 10.1 Å². The fourth-order valence-corrected chi connectivity index (χ4v) is 2.22. The van der Waals surface area contributed by atoms with Gasteiger partial charge in [-0.15, -0.1) is 0 Å². The molecule has 1 aliphatic heterocycles. The van der Waals surface area contributed by atoms with E-state index in [1.807, 2.05) is 6.92 Å². The molecule has 4 heteroatoms. The van der Waals surface area contributed by atoms with E-state index in [0.717, 1.165) is 25.9 Å².